The van der Waals surface area contributed by atoms with Gasteiger partial charge in [-0.05, 0) is 38.0 Å². The first-order chi connectivity index (χ1) is 16.1. The van der Waals surface area contributed by atoms with Crippen molar-refractivity contribution < 1.29 is 9.59 Å². The van der Waals surface area contributed by atoms with Crippen LogP contribution < -0.4 is 5.32 Å². The number of carbonyl (C=O) groups excluding carboxylic acids is 2. The molecule has 1 aliphatic carbocycles. The van der Waals surface area contributed by atoms with Gasteiger partial charge in [0, 0.05) is 48.7 Å². The Kier molecular flexibility index (Phi) is 6.18. The molecule has 2 aromatic carbocycles. The van der Waals surface area contributed by atoms with Crippen molar-refractivity contribution >= 4 is 28.4 Å². The van der Waals surface area contributed by atoms with E-state index >= 15 is 0 Å². The number of piperazine rings is 1. The number of fused-ring (bicyclic) bond motifs is 1. The van der Waals surface area contributed by atoms with Crippen molar-refractivity contribution in [3.05, 3.63) is 65.4 Å². The number of aromatic nitrogens is 1. The maximum atomic E-state index is 13.6. The summed E-state index contributed by atoms with van der Waals surface area (Å²) in [5, 5.41) is 3.87. The lowest BCUT2D eigenvalue weighted by molar-refractivity contribution is 0.0520. The van der Waals surface area contributed by atoms with Gasteiger partial charge in [0.05, 0.1) is 5.69 Å². The number of rotatable bonds is 4. The van der Waals surface area contributed by atoms with Crippen LogP contribution in [0.25, 0.3) is 10.9 Å². The highest BCUT2D eigenvalue weighted by atomic mass is 16.2. The Morgan fingerprint density at radius 2 is 1.61 bits per heavy atom. The van der Waals surface area contributed by atoms with Crippen LogP contribution in [0, 0.1) is 6.92 Å². The average Bonchev–Trinajstić information content (AvgIpc) is 3.23. The van der Waals surface area contributed by atoms with E-state index in [0.717, 1.165) is 42.6 Å². The van der Waals surface area contributed by atoms with Crippen molar-refractivity contribution in [1.29, 1.82) is 0 Å². The first kappa shape index (κ1) is 21.7. The molecule has 1 aromatic heterocycles. The van der Waals surface area contributed by atoms with Crippen LogP contribution in [0.2, 0.25) is 0 Å². The van der Waals surface area contributed by atoms with Crippen molar-refractivity contribution in [3.8, 4) is 0 Å². The second kappa shape index (κ2) is 9.40. The molecular formula is C27H32N4O2. The largest absolute Gasteiger partial charge is 0.349 e. The van der Waals surface area contributed by atoms with Gasteiger partial charge in [-0.2, -0.15) is 0 Å². The molecule has 6 heteroatoms. The van der Waals surface area contributed by atoms with E-state index in [9.17, 15) is 9.59 Å². The molecule has 0 radical (unpaired) electrons. The molecule has 3 aromatic rings. The molecule has 1 saturated heterocycles. The van der Waals surface area contributed by atoms with E-state index in [4.69, 9.17) is 0 Å². The highest BCUT2D eigenvalue weighted by Crippen LogP contribution is 2.30. The smallest absolute Gasteiger partial charge is 0.272 e. The summed E-state index contributed by atoms with van der Waals surface area (Å²) in [4.78, 5) is 34.3. The van der Waals surface area contributed by atoms with Crippen LogP contribution in [0.15, 0.2) is 48.5 Å². The number of H-pyrrole nitrogens is 1. The number of amides is 2. The molecule has 0 bridgehead atoms. The lowest BCUT2D eigenvalue weighted by Gasteiger charge is -2.40. The highest BCUT2D eigenvalue weighted by Gasteiger charge is 2.30. The van der Waals surface area contributed by atoms with Crippen molar-refractivity contribution in [2.45, 2.75) is 45.1 Å². The second-order valence-corrected chi connectivity index (χ2v) is 9.36. The predicted molar refractivity (Wildman–Crippen MR) is 132 cm³/mol. The first-order valence-electron chi connectivity index (χ1n) is 12.1. The minimum atomic E-state index is -0.212. The molecule has 2 heterocycles. The fraction of sp³-hybridized carbons (Fsp3) is 0.407. The SMILES string of the molecule is Cc1ccc(C(=O)Nc2c(C(=O)N3CCN(C4CCCCC4)CC3)[nH]c3ccccc23)cc1. The molecule has 0 unspecified atom stereocenters. The summed E-state index contributed by atoms with van der Waals surface area (Å²) in [6, 6.07) is 15.9. The summed E-state index contributed by atoms with van der Waals surface area (Å²) in [6.07, 6.45) is 6.56. The molecule has 0 spiro atoms. The van der Waals surface area contributed by atoms with Crippen molar-refractivity contribution in [1.82, 2.24) is 14.8 Å². The Labute approximate surface area is 195 Å². The number of anilines is 1. The maximum Gasteiger partial charge on any atom is 0.272 e. The summed E-state index contributed by atoms with van der Waals surface area (Å²) in [7, 11) is 0. The average molecular weight is 445 g/mol. The number of carbonyl (C=O) groups is 2. The number of nitrogens with one attached hydrogen (secondary N) is 2. The van der Waals surface area contributed by atoms with E-state index in [1.807, 2.05) is 60.4 Å². The van der Waals surface area contributed by atoms with E-state index in [0.29, 0.717) is 23.0 Å². The minimum Gasteiger partial charge on any atom is -0.349 e. The van der Waals surface area contributed by atoms with Crippen LogP contribution in [0.3, 0.4) is 0 Å². The molecule has 1 saturated carbocycles. The summed E-state index contributed by atoms with van der Waals surface area (Å²) in [6.45, 7) is 5.27. The predicted octanol–water partition coefficient (Wildman–Crippen LogP) is 4.82. The third-order valence-corrected chi connectivity index (χ3v) is 7.16. The van der Waals surface area contributed by atoms with Gasteiger partial charge in [0.25, 0.3) is 11.8 Å². The molecular weight excluding hydrogens is 412 g/mol. The number of hydrogen-bond donors (Lipinski definition) is 2. The van der Waals surface area contributed by atoms with Crippen molar-refractivity contribution in [2.75, 3.05) is 31.5 Å². The molecule has 2 fully saturated rings. The molecule has 2 amide bonds. The van der Waals surface area contributed by atoms with Gasteiger partial charge in [-0.1, -0.05) is 55.2 Å². The Bertz CT molecular complexity index is 1140. The van der Waals surface area contributed by atoms with Crippen molar-refractivity contribution in [3.63, 3.8) is 0 Å². The number of hydrogen-bond acceptors (Lipinski definition) is 3. The zero-order valence-corrected chi connectivity index (χ0v) is 19.3. The van der Waals surface area contributed by atoms with Crippen LogP contribution in [-0.4, -0.2) is 58.8 Å². The van der Waals surface area contributed by atoms with Crippen LogP contribution in [0.5, 0.6) is 0 Å². The molecule has 0 atom stereocenters. The summed E-state index contributed by atoms with van der Waals surface area (Å²) < 4.78 is 0. The zero-order chi connectivity index (χ0) is 22.8. The summed E-state index contributed by atoms with van der Waals surface area (Å²) >= 11 is 0. The molecule has 172 valence electrons. The van der Waals surface area contributed by atoms with E-state index < -0.39 is 0 Å². The lowest BCUT2D eigenvalue weighted by atomic mass is 9.94. The number of aromatic amines is 1. The third kappa shape index (κ3) is 4.53. The quantitative estimate of drug-likeness (QED) is 0.606. The van der Waals surface area contributed by atoms with Gasteiger partial charge in [-0.15, -0.1) is 0 Å². The third-order valence-electron chi connectivity index (χ3n) is 7.16. The second-order valence-electron chi connectivity index (χ2n) is 9.36. The van der Waals surface area contributed by atoms with E-state index in [-0.39, 0.29) is 11.8 Å². The molecule has 6 nitrogen and oxygen atoms in total. The Morgan fingerprint density at radius 1 is 0.909 bits per heavy atom. The van der Waals surface area contributed by atoms with Gasteiger partial charge in [0.2, 0.25) is 0 Å². The highest BCUT2D eigenvalue weighted by molar-refractivity contribution is 6.15. The Morgan fingerprint density at radius 3 is 2.33 bits per heavy atom. The van der Waals surface area contributed by atoms with E-state index in [2.05, 4.69) is 15.2 Å². The van der Waals surface area contributed by atoms with Crippen LogP contribution >= 0.6 is 0 Å². The monoisotopic (exact) mass is 444 g/mol. The fourth-order valence-electron chi connectivity index (χ4n) is 5.22. The lowest BCUT2D eigenvalue weighted by Crippen LogP contribution is -2.52. The zero-order valence-electron chi connectivity index (χ0n) is 19.3. The minimum absolute atomic E-state index is 0.0475. The Hall–Kier alpha value is -3.12. The molecule has 2 N–H and O–H groups in total. The van der Waals surface area contributed by atoms with Crippen LogP contribution in [-0.2, 0) is 0 Å². The van der Waals surface area contributed by atoms with Gasteiger partial charge in [-0.3, -0.25) is 14.5 Å². The summed E-state index contributed by atoms with van der Waals surface area (Å²) in [5.74, 6) is -0.260. The molecule has 1 aliphatic heterocycles. The maximum absolute atomic E-state index is 13.6. The van der Waals surface area contributed by atoms with Gasteiger partial charge in [-0.25, -0.2) is 0 Å². The van der Waals surface area contributed by atoms with Gasteiger partial charge < -0.3 is 15.2 Å². The fourth-order valence-corrected chi connectivity index (χ4v) is 5.22. The van der Waals surface area contributed by atoms with Crippen LogP contribution in [0.4, 0.5) is 5.69 Å². The number of para-hydroxylation sites is 1. The normalized spacial score (nSPS) is 17.9. The van der Waals surface area contributed by atoms with Crippen LogP contribution in [0.1, 0.15) is 58.5 Å². The number of nitrogens with zero attached hydrogens (tertiary/aromatic N) is 2. The van der Waals surface area contributed by atoms with Gasteiger partial charge in [0.1, 0.15) is 5.69 Å². The number of aryl methyl sites for hydroxylation is 1. The topological polar surface area (TPSA) is 68.4 Å². The molecule has 2 aliphatic rings. The van der Waals surface area contributed by atoms with Crippen molar-refractivity contribution in [2.24, 2.45) is 0 Å². The molecule has 5 rings (SSSR count). The summed E-state index contributed by atoms with van der Waals surface area (Å²) in [5.41, 5.74) is 3.55. The standard InChI is InChI=1S/C27H32N4O2/c1-19-11-13-20(14-12-19)26(32)29-24-22-9-5-6-10-23(22)28-25(24)27(33)31-17-15-30(16-18-31)21-7-3-2-4-8-21/h5-6,9-14,21,28H,2-4,7-8,15-18H2,1H3,(H,29,32). The number of benzene rings is 2. The first-order valence-corrected chi connectivity index (χ1v) is 12.1. The van der Waals surface area contributed by atoms with E-state index in [1.165, 1.54) is 32.1 Å². The van der Waals surface area contributed by atoms with Gasteiger partial charge in [0.15, 0.2) is 0 Å². The Balaban J connectivity index is 1.36. The molecule has 33 heavy (non-hydrogen) atoms. The van der Waals surface area contributed by atoms with Gasteiger partial charge >= 0.3 is 0 Å². The van der Waals surface area contributed by atoms with E-state index in [1.54, 1.807) is 0 Å².